The van der Waals surface area contributed by atoms with E-state index in [2.05, 4.69) is 51.4 Å². The molecule has 3 nitrogen and oxygen atoms in total. The highest BCUT2D eigenvalue weighted by atomic mass is 79.9. The highest BCUT2D eigenvalue weighted by Crippen LogP contribution is 2.28. The van der Waals surface area contributed by atoms with Crippen molar-refractivity contribution in [1.29, 1.82) is 0 Å². The van der Waals surface area contributed by atoms with Gasteiger partial charge in [0.25, 0.3) is 0 Å². The third-order valence-electron chi connectivity index (χ3n) is 3.66. The lowest BCUT2D eigenvalue weighted by Gasteiger charge is -2.20. The van der Waals surface area contributed by atoms with E-state index in [0.29, 0.717) is 0 Å². The summed E-state index contributed by atoms with van der Waals surface area (Å²) < 4.78 is 6.53. The van der Waals surface area contributed by atoms with Crippen LogP contribution in [0.1, 0.15) is 28.6 Å². The molecule has 0 amide bonds. The number of nitrogens with one attached hydrogen (secondary N) is 1. The molecular formula is C17H21BrN2O. The van der Waals surface area contributed by atoms with Crippen molar-refractivity contribution >= 4 is 15.9 Å². The molecule has 0 bridgehead atoms. The maximum absolute atomic E-state index is 5.47. The molecule has 21 heavy (non-hydrogen) atoms. The van der Waals surface area contributed by atoms with E-state index in [-0.39, 0.29) is 6.04 Å². The van der Waals surface area contributed by atoms with E-state index in [1.807, 2.05) is 26.1 Å². The van der Waals surface area contributed by atoms with Crippen LogP contribution < -0.4 is 10.1 Å². The first-order valence-corrected chi connectivity index (χ1v) is 7.78. The normalized spacial score (nSPS) is 12.2. The van der Waals surface area contributed by atoms with Crippen molar-refractivity contribution in [3.63, 3.8) is 0 Å². The van der Waals surface area contributed by atoms with Gasteiger partial charge in [0.05, 0.1) is 7.11 Å². The summed E-state index contributed by atoms with van der Waals surface area (Å²) in [7, 11) is 3.69. The molecule has 0 radical (unpaired) electrons. The standard InChI is InChI=1S/C17H21BrN2O/c1-11-5-7-15(12(2)20-11)16(19-3)10-13-9-14(18)6-8-17(13)21-4/h5-9,16,19H,10H2,1-4H3. The molecule has 1 unspecified atom stereocenters. The number of aryl methyl sites for hydroxylation is 2. The van der Waals surface area contributed by atoms with E-state index in [9.17, 15) is 0 Å². The number of nitrogens with zero attached hydrogens (tertiary/aromatic N) is 1. The maximum Gasteiger partial charge on any atom is 0.122 e. The average molecular weight is 349 g/mol. The van der Waals surface area contributed by atoms with Crippen LogP contribution in [0.4, 0.5) is 0 Å². The monoisotopic (exact) mass is 348 g/mol. The number of rotatable bonds is 5. The zero-order valence-corrected chi connectivity index (χ0v) is 14.5. The van der Waals surface area contributed by atoms with Gasteiger partial charge < -0.3 is 10.1 Å². The van der Waals surface area contributed by atoms with Crippen LogP contribution in [0.5, 0.6) is 5.75 Å². The number of likely N-dealkylation sites (N-methyl/N-ethyl adjacent to an activating group) is 1. The first kappa shape index (κ1) is 16.0. The Balaban J connectivity index is 2.33. The second-order valence-corrected chi connectivity index (χ2v) is 6.04. The molecule has 1 heterocycles. The molecule has 1 aromatic carbocycles. The Kier molecular flexibility index (Phi) is 5.37. The Bertz CT molecular complexity index is 628. The van der Waals surface area contributed by atoms with Crippen LogP contribution in [0, 0.1) is 13.8 Å². The summed E-state index contributed by atoms with van der Waals surface area (Å²) in [5, 5.41) is 3.39. The van der Waals surface area contributed by atoms with E-state index in [4.69, 9.17) is 4.74 Å². The van der Waals surface area contributed by atoms with Gasteiger partial charge in [-0.05, 0) is 62.7 Å². The number of benzene rings is 1. The molecule has 0 fully saturated rings. The van der Waals surface area contributed by atoms with Gasteiger partial charge in [-0.15, -0.1) is 0 Å². The molecule has 0 saturated heterocycles. The van der Waals surface area contributed by atoms with Crippen LogP contribution in [-0.4, -0.2) is 19.1 Å². The van der Waals surface area contributed by atoms with Crippen LogP contribution in [0.25, 0.3) is 0 Å². The predicted octanol–water partition coefficient (Wildman–Crippen LogP) is 3.97. The van der Waals surface area contributed by atoms with Crippen LogP contribution in [0.3, 0.4) is 0 Å². The van der Waals surface area contributed by atoms with E-state index >= 15 is 0 Å². The molecule has 0 aliphatic rings. The summed E-state index contributed by atoms with van der Waals surface area (Å²) in [6.45, 7) is 4.08. The molecule has 4 heteroatoms. The molecule has 0 saturated carbocycles. The zero-order chi connectivity index (χ0) is 15.4. The number of pyridine rings is 1. The van der Waals surface area contributed by atoms with Gasteiger partial charge in [0.2, 0.25) is 0 Å². The number of ether oxygens (including phenoxy) is 1. The Labute approximate surface area is 134 Å². The molecule has 1 aromatic heterocycles. The Hall–Kier alpha value is -1.39. The number of hydrogen-bond donors (Lipinski definition) is 1. The van der Waals surface area contributed by atoms with E-state index in [1.165, 1.54) is 11.1 Å². The lowest BCUT2D eigenvalue weighted by atomic mass is 9.97. The topological polar surface area (TPSA) is 34.1 Å². The average Bonchev–Trinajstić information content (AvgIpc) is 2.45. The van der Waals surface area contributed by atoms with Gasteiger partial charge in [-0.2, -0.15) is 0 Å². The minimum Gasteiger partial charge on any atom is -0.496 e. The van der Waals surface area contributed by atoms with Gasteiger partial charge >= 0.3 is 0 Å². The fourth-order valence-corrected chi connectivity index (χ4v) is 2.97. The molecule has 112 valence electrons. The minimum atomic E-state index is 0.210. The summed E-state index contributed by atoms with van der Waals surface area (Å²) in [5.41, 5.74) is 4.52. The molecule has 0 aliphatic carbocycles. The lowest BCUT2D eigenvalue weighted by Crippen LogP contribution is -2.20. The van der Waals surface area contributed by atoms with E-state index in [0.717, 1.165) is 28.0 Å². The molecule has 1 atom stereocenters. The van der Waals surface area contributed by atoms with E-state index < -0.39 is 0 Å². The lowest BCUT2D eigenvalue weighted by molar-refractivity contribution is 0.406. The van der Waals surface area contributed by atoms with Gasteiger partial charge in [0.15, 0.2) is 0 Å². The molecule has 0 spiro atoms. The van der Waals surface area contributed by atoms with Gasteiger partial charge in [-0.3, -0.25) is 4.98 Å². The van der Waals surface area contributed by atoms with Crippen LogP contribution in [0.15, 0.2) is 34.8 Å². The SMILES string of the molecule is CNC(Cc1cc(Br)ccc1OC)c1ccc(C)nc1C. The molecule has 0 aliphatic heterocycles. The fraction of sp³-hybridized carbons (Fsp3) is 0.353. The van der Waals surface area contributed by atoms with Crippen molar-refractivity contribution in [2.45, 2.75) is 26.3 Å². The largest absolute Gasteiger partial charge is 0.496 e. The molecule has 2 rings (SSSR count). The smallest absolute Gasteiger partial charge is 0.122 e. The Morgan fingerprint density at radius 2 is 2.00 bits per heavy atom. The zero-order valence-electron chi connectivity index (χ0n) is 12.9. The third-order valence-corrected chi connectivity index (χ3v) is 4.15. The number of hydrogen-bond acceptors (Lipinski definition) is 3. The second-order valence-electron chi connectivity index (χ2n) is 5.13. The molecular weight excluding hydrogens is 328 g/mol. The fourth-order valence-electron chi connectivity index (χ4n) is 2.56. The highest BCUT2D eigenvalue weighted by molar-refractivity contribution is 9.10. The summed E-state index contributed by atoms with van der Waals surface area (Å²) >= 11 is 3.53. The van der Waals surface area contributed by atoms with Crippen LogP contribution in [-0.2, 0) is 6.42 Å². The Morgan fingerprint density at radius 1 is 1.24 bits per heavy atom. The maximum atomic E-state index is 5.47. The second kappa shape index (κ2) is 7.05. The van der Waals surface area contributed by atoms with Crippen molar-refractivity contribution < 1.29 is 4.74 Å². The van der Waals surface area contributed by atoms with Crippen molar-refractivity contribution in [2.75, 3.05) is 14.2 Å². The minimum absolute atomic E-state index is 0.210. The van der Waals surface area contributed by atoms with Crippen molar-refractivity contribution in [3.8, 4) is 5.75 Å². The number of methoxy groups -OCH3 is 1. The summed E-state index contributed by atoms with van der Waals surface area (Å²) in [4.78, 5) is 4.56. The Morgan fingerprint density at radius 3 is 2.62 bits per heavy atom. The number of aromatic nitrogens is 1. The third kappa shape index (κ3) is 3.83. The highest BCUT2D eigenvalue weighted by Gasteiger charge is 2.16. The first-order valence-electron chi connectivity index (χ1n) is 6.99. The summed E-state index contributed by atoms with van der Waals surface area (Å²) in [5.74, 6) is 0.913. The molecule has 2 aromatic rings. The van der Waals surface area contributed by atoms with Crippen LogP contribution >= 0.6 is 15.9 Å². The molecule has 1 N–H and O–H groups in total. The van der Waals surface area contributed by atoms with Gasteiger partial charge in [-0.25, -0.2) is 0 Å². The first-order chi connectivity index (χ1) is 10.0. The van der Waals surface area contributed by atoms with Gasteiger partial charge in [0.1, 0.15) is 5.75 Å². The van der Waals surface area contributed by atoms with Crippen molar-refractivity contribution in [1.82, 2.24) is 10.3 Å². The van der Waals surface area contributed by atoms with Crippen molar-refractivity contribution in [3.05, 3.63) is 57.3 Å². The van der Waals surface area contributed by atoms with E-state index in [1.54, 1.807) is 7.11 Å². The van der Waals surface area contributed by atoms with Gasteiger partial charge in [-0.1, -0.05) is 22.0 Å². The predicted molar refractivity (Wildman–Crippen MR) is 89.9 cm³/mol. The summed E-state index contributed by atoms with van der Waals surface area (Å²) in [6, 6.07) is 10.5. The number of halogens is 1. The van der Waals surface area contributed by atoms with Crippen LogP contribution in [0.2, 0.25) is 0 Å². The summed E-state index contributed by atoms with van der Waals surface area (Å²) in [6.07, 6.45) is 0.852. The van der Waals surface area contributed by atoms with Gasteiger partial charge in [0, 0.05) is 21.9 Å². The quantitative estimate of drug-likeness (QED) is 0.887. The van der Waals surface area contributed by atoms with Crippen molar-refractivity contribution in [2.24, 2.45) is 0 Å².